The molecule has 0 spiro atoms. The number of guanidine groups is 1. The Labute approximate surface area is 156 Å². The van der Waals surface area contributed by atoms with Gasteiger partial charge in [-0.2, -0.15) is 0 Å². The van der Waals surface area contributed by atoms with E-state index in [1.807, 2.05) is 39.0 Å². The number of nitrogens with zero attached hydrogens (tertiary/aromatic N) is 1. The molecule has 0 heterocycles. The third-order valence-corrected chi connectivity index (χ3v) is 4.12. The Bertz CT molecular complexity index is 677. The summed E-state index contributed by atoms with van der Waals surface area (Å²) in [5, 5.41) is 11.0. The first-order valence-corrected chi connectivity index (χ1v) is 10.4. The second-order valence-corrected chi connectivity index (χ2v) is 7.38. The average Bonchev–Trinajstić information content (AvgIpc) is 2.56. The fourth-order valence-corrected chi connectivity index (χ4v) is 2.49. The summed E-state index contributed by atoms with van der Waals surface area (Å²) in [5.74, 6) is 1.14. The molecule has 0 fully saturated rings. The second-order valence-electron chi connectivity index (χ2n) is 5.65. The molecule has 1 aromatic rings. The Morgan fingerprint density at radius 3 is 2.65 bits per heavy atom. The van der Waals surface area contributed by atoms with E-state index < -0.39 is 10.0 Å². The molecule has 0 aliphatic carbocycles. The molecule has 4 N–H and O–H groups in total. The van der Waals surface area contributed by atoms with Crippen molar-refractivity contribution in [1.82, 2.24) is 10.6 Å². The lowest BCUT2D eigenvalue weighted by Gasteiger charge is -2.13. The van der Waals surface area contributed by atoms with Gasteiger partial charge in [0.15, 0.2) is 5.96 Å². The van der Waals surface area contributed by atoms with E-state index in [0.29, 0.717) is 38.9 Å². The number of ether oxygens (including phenoxy) is 2. The quantitative estimate of drug-likeness (QED) is 0.294. The molecule has 0 saturated carbocycles. The number of rotatable bonds is 11. The fourth-order valence-electron chi connectivity index (χ4n) is 2.10. The zero-order chi connectivity index (χ0) is 19.4. The Hall–Kier alpha value is -1.84. The zero-order valence-corrected chi connectivity index (χ0v) is 16.6. The molecule has 0 aliphatic rings. The highest BCUT2D eigenvalue weighted by Crippen LogP contribution is 2.21. The fraction of sp³-hybridized carbons (Fsp3) is 0.588. The van der Waals surface area contributed by atoms with Crippen LogP contribution in [-0.2, 0) is 21.3 Å². The van der Waals surface area contributed by atoms with Crippen molar-refractivity contribution in [3.63, 3.8) is 0 Å². The molecule has 0 aromatic heterocycles. The van der Waals surface area contributed by atoms with Crippen LogP contribution in [0.3, 0.4) is 0 Å². The summed E-state index contributed by atoms with van der Waals surface area (Å²) in [6.45, 7) is 8.79. The van der Waals surface area contributed by atoms with Gasteiger partial charge in [0.1, 0.15) is 12.4 Å². The Kier molecular flexibility index (Phi) is 10.0. The van der Waals surface area contributed by atoms with Gasteiger partial charge >= 0.3 is 0 Å². The van der Waals surface area contributed by atoms with E-state index in [1.54, 1.807) is 0 Å². The van der Waals surface area contributed by atoms with E-state index >= 15 is 0 Å². The minimum atomic E-state index is -3.51. The molecular weight excluding hydrogens is 356 g/mol. The first-order chi connectivity index (χ1) is 12.4. The number of primary sulfonamides is 1. The molecule has 9 heteroatoms. The summed E-state index contributed by atoms with van der Waals surface area (Å²) >= 11 is 0. The van der Waals surface area contributed by atoms with E-state index in [0.717, 1.165) is 16.9 Å². The number of nitrogens with one attached hydrogen (secondary N) is 2. The van der Waals surface area contributed by atoms with Crippen molar-refractivity contribution in [2.45, 2.75) is 27.3 Å². The first-order valence-electron chi connectivity index (χ1n) is 8.68. The number of hydrogen-bond donors (Lipinski definition) is 3. The van der Waals surface area contributed by atoms with Crippen LogP contribution in [0.2, 0.25) is 0 Å². The third-order valence-electron chi connectivity index (χ3n) is 3.34. The van der Waals surface area contributed by atoms with Crippen molar-refractivity contribution in [3.8, 4) is 5.75 Å². The predicted octanol–water partition coefficient (Wildman–Crippen LogP) is 0.754. The monoisotopic (exact) mass is 386 g/mol. The largest absolute Gasteiger partial charge is 0.491 e. The lowest BCUT2D eigenvalue weighted by atomic mass is 10.1. The van der Waals surface area contributed by atoms with Crippen LogP contribution in [0.15, 0.2) is 23.2 Å². The molecule has 0 aliphatic heterocycles. The highest BCUT2D eigenvalue weighted by molar-refractivity contribution is 7.89. The van der Waals surface area contributed by atoms with Crippen LogP contribution in [0.1, 0.15) is 25.0 Å². The summed E-state index contributed by atoms with van der Waals surface area (Å²) in [4.78, 5) is 4.49. The summed E-state index contributed by atoms with van der Waals surface area (Å²) in [5.41, 5.74) is 2.04. The van der Waals surface area contributed by atoms with Crippen LogP contribution in [0.4, 0.5) is 0 Å². The van der Waals surface area contributed by atoms with Crippen LogP contribution in [0, 0.1) is 6.92 Å². The molecule has 1 aromatic carbocycles. The molecule has 0 saturated heterocycles. The second kappa shape index (κ2) is 11.7. The van der Waals surface area contributed by atoms with E-state index in [9.17, 15) is 8.42 Å². The molecule has 0 atom stereocenters. The van der Waals surface area contributed by atoms with Gasteiger partial charge in [-0.05, 0) is 32.4 Å². The normalized spacial score (nSPS) is 12.1. The average molecular weight is 387 g/mol. The maximum Gasteiger partial charge on any atom is 0.210 e. The van der Waals surface area contributed by atoms with Crippen LogP contribution in [0.25, 0.3) is 0 Å². The topological polar surface area (TPSA) is 115 Å². The molecule has 0 amide bonds. The first kappa shape index (κ1) is 22.2. The van der Waals surface area contributed by atoms with Gasteiger partial charge in [0.2, 0.25) is 10.0 Å². The van der Waals surface area contributed by atoms with E-state index in [-0.39, 0.29) is 12.3 Å². The van der Waals surface area contributed by atoms with Gasteiger partial charge in [-0.15, -0.1) is 0 Å². The molecule has 26 heavy (non-hydrogen) atoms. The van der Waals surface area contributed by atoms with Gasteiger partial charge in [-0.25, -0.2) is 18.5 Å². The highest BCUT2D eigenvalue weighted by Gasteiger charge is 2.06. The number of sulfonamides is 1. The Balaban J connectivity index is 2.74. The Morgan fingerprint density at radius 1 is 1.23 bits per heavy atom. The number of nitrogens with two attached hydrogens (primary N) is 1. The minimum Gasteiger partial charge on any atom is -0.491 e. The van der Waals surface area contributed by atoms with Crippen molar-refractivity contribution in [3.05, 3.63) is 29.3 Å². The third kappa shape index (κ3) is 9.59. The van der Waals surface area contributed by atoms with Gasteiger partial charge < -0.3 is 20.1 Å². The van der Waals surface area contributed by atoms with Crippen molar-refractivity contribution < 1.29 is 17.9 Å². The van der Waals surface area contributed by atoms with E-state index in [1.165, 1.54) is 0 Å². The van der Waals surface area contributed by atoms with Gasteiger partial charge in [0.25, 0.3) is 0 Å². The lowest BCUT2D eigenvalue weighted by molar-refractivity contribution is 0.110. The lowest BCUT2D eigenvalue weighted by Crippen LogP contribution is -2.40. The zero-order valence-electron chi connectivity index (χ0n) is 15.7. The highest BCUT2D eigenvalue weighted by atomic mass is 32.2. The van der Waals surface area contributed by atoms with Gasteiger partial charge in [0.05, 0.1) is 18.9 Å². The predicted molar refractivity (Wildman–Crippen MR) is 104 cm³/mol. The van der Waals surface area contributed by atoms with Crippen molar-refractivity contribution in [1.29, 1.82) is 0 Å². The summed E-state index contributed by atoms with van der Waals surface area (Å²) in [6, 6.07) is 5.95. The van der Waals surface area contributed by atoms with Crippen molar-refractivity contribution in [2.24, 2.45) is 10.1 Å². The van der Waals surface area contributed by atoms with Gasteiger partial charge in [-0.1, -0.05) is 12.1 Å². The Morgan fingerprint density at radius 2 is 2.00 bits per heavy atom. The molecule has 0 bridgehead atoms. The number of benzene rings is 1. The van der Waals surface area contributed by atoms with Crippen molar-refractivity contribution in [2.75, 3.05) is 38.7 Å². The van der Waals surface area contributed by atoms with Crippen LogP contribution in [0.5, 0.6) is 5.75 Å². The standard InChI is InChI=1S/C17H30N4O4S/c1-4-19-17(20-8-11-26(18,22)23)21-13-15-7-6-14(3)12-16(15)25-10-9-24-5-2/h6-7,12H,4-5,8-11,13H2,1-3H3,(H2,18,22,23)(H2,19,20,21). The smallest absolute Gasteiger partial charge is 0.210 e. The molecule has 148 valence electrons. The minimum absolute atomic E-state index is 0.159. The summed E-state index contributed by atoms with van der Waals surface area (Å²) < 4.78 is 33.2. The number of aryl methyl sites for hydroxylation is 1. The van der Waals surface area contributed by atoms with Crippen LogP contribution < -0.4 is 20.5 Å². The van der Waals surface area contributed by atoms with Gasteiger partial charge in [-0.3, -0.25) is 0 Å². The molecule has 0 unspecified atom stereocenters. The van der Waals surface area contributed by atoms with Crippen molar-refractivity contribution >= 4 is 16.0 Å². The molecule has 1 rings (SSSR count). The SMILES string of the molecule is CCNC(=NCc1ccc(C)cc1OCCOCC)NCCS(N)(=O)=O. The summed E-state index contributed by atoms with van der Waals surface area (Å²) in [6.07, 6.45) is 0. The maximum atomic E-state index is 11.0. The number of hydrogen-bond acceptors (Lipinski definition) is 5. The molecular formula is C17H30N4O4S. The summed E-state index contributed by atoms with van der Waals surface area (Å²) in [7, 11) is -3.51. The van der Waals surface area contributed by atoms with E-state index in [2.05, 4.69) is 15.6 Å². The molecule has 8 nitrogen and oxygen atoms in total. The maximum absolute atomic E-state index is 11.0. The molecule has 0 radical (unpaired) electrons. The van der Waals surface area contributed by atoms with Crippen LogP contribution in [-0.4, -0.2) is 53.0 Å². The van der Waals surface area contributed by atoms with Crippen LogP contribution >= 0.6 is 0 Å². The number of aliphatic imine (C=N–C) groups is 1. The van der Waals surface area contributed by atoms with E-state index in [4.69, 9.17) is 14.6 Å². The van der Waals surface area contributed by atoms with Gasteiger partial charge in [0, 0.05) is 25.3 Å².